The van der Waals surface area contributed by atoms with Crippen LogP contribution in [0.15, 0.2) is 83.8 Å². The fourth-order valence-electron chi connectivity index (χ4n) is 3.74. The van der Waals surface area contributed by atoms with E-state index >= 15 is 0 Å². The third-order valence-electron chi connectivity index (χ3n) is 6.21. The predicted octanol–water partition coefficient (Wildman–Crippen LogP) is 5.52. The Balaban J connectivity index is 2.03. The van der Waals surface area contributed by atoms with Crippen molar-refractivity contribution in [3.8, 4) is 0 Å². The number of halogens is 2. The number of carbonyl (C=O) groups is 2. The standard InChI is InChI=1S/C28H31Cl2N3O4S/c1-4-20(2)31-28(35)21(3)32(18-24-25(29)16-11-17-26(24)30)27(34)19-33(22-12-7-5-8-13-22)38(36,37)23-14-9-6-10-15-23/h5-17,20-21H,4,18-19H2,1-3H3,(H,31,35)/t20-,21-/m1/s1. The number of hydrogen-bond acceptors (Lipinski definition) is 4. The lowest BCUT2D eigenvalue weighted by Gasteiger charge is -2.32. The molecule has 0 saturated heterocycles. The molecular formula is C28H31Cl2N3O4S. The van der Waals surface area contributed by atoms with E-state index in [2.05, 4.69) is 5.32 Å². The molecule has 0 heterocycles. The van der Waals surface area contributed by atoms with E-state index in [9.17, 15) is 18.0 Å². The average Bonchev–Trinajstić information content (AvgIpc) is 2.91. The van der Waals surface area contributed by atoms with Crippen LogP contribution in [0.2, 0.25) is 10.0 Å². The highest BCUT2D eigenvalue weighted by molar-refractivity contribution is 7.92. The second-order valence-electron chi connectivity index (χ2n) is 8.88. The normalized spacial score (nSPS) is 12.9. The molecule has 3 rings (SSSR count). The smallest absolute Gasteiger partial charge is 0.264 e. The summed E-state index contributed by atoms with van der Waals surface area (Å²) in [6, 6.07) is 20.2. The van der Waals surface area contributed by atoms with Gasteiger partial charge in [0.1, 0.15) is 12.6 Å². The zero-order valence-electron chi connectivity index (χ0n) is 21.5. The van der Waals surface area contributed by atoms with Gasteiger partial charge in [-0.25, -0.2) is 8.42 Å². The molecule has 3 aromatic carbocycles. The van der Waals surface area contributed by atoms with Crippen LogP contribution < -0.4 is 9.62 Å². The molecule has 0 unspecified atom stereocenters. The molecule has 202 valence electrons. The molecule has 10 heteroatoms. The minimum absolute atomic E-state index is 0.0416. The van der Waals surface area contributed by atoms with E-state index in [1.54, 1.807) is 73.7 Å². The first-order valence-corrected chi connectivity index (χ1v) is 14.4. The second kappa shape index (κ2) is 13.1. The fraction of sp³-hybridized carbons (Fsp3) is 0.286. The van der Waals surface area contributed by atoms with Gasteiger partial charge in [-0.2, -0.15) is 0 Å². The van der Waals surface area contributed by atoms with Crippen molar-refractivity contribution in [3.05, 3.63) is 94.5 Å². The topological polar surface area (TPSA) is 86.8 Å². The molecular weight excluding hydrogens is 545 g/mol. The van der Waals surface area contributed by atoms with E-state index < -0.39 is 28.5 Å². The molecule has 7 nitrogen and oxygen atoms in total. The van der Waals surface area contributed by atoms with Crippen molar-refractivity contribution in [2.24, 2.45) is 0 Å². The number of carbonyl (C=O) groups excluding carboxylic acids is 2. The molecule has 3 aromatic rings. The zero-order chi connectivity index (χ0) is 27.9. The summed E-state index contributed by atoms with van der Waals surface area (Å²) < 4.78 is 28.4. The summed E-state index contributed by atoms with van der Waals surface area (Å²) in [5.74, 6) is -0.954. The van der Waals surface area contributed by atoms with Crippen molar-refractivity contribution in [1.29, 1.82) is 0 Å². The molecule has 2 amide bonds. The highest BCUT2D eigenvalue weighted by atomic mass is 35.5. The molecule has 0 bridgehead atoms. The van der Waals surface area contributed by atoms with Crippen molar-refractivity contribution in [2.75, 3.05) is 10.8 Å². The average molecular weight is 577 g/mol. The van der Waals surface area contributed by atoms with Gasteiger partial charge in [-0.3, -0.25) is 13.9 Å². The summed E-state index contributed by atoms with van der Waals surface area (Å²) in [6.45, 7) is 4.78. The Morgan fingerprint density at radius 1 is 0.868 bits per heavy atom. The number of sulfonamides is 1. The molecule has 0 saturated carbocycles. The van der Waals surface area contributed by atoms with Gasteiger partial charge in [0.05, 0.1) is 10.6 Å². The Morgan fingerprint density at radius 3 is 1.97 bits per heavy atom. The van der Waals surface area contributed by atoms with Crippen LogP contribution in [0, 0.1) is 0 Å². The van der Waals surface area contributed by atoms with Gasteiger partial charge in [0.2, 0.25) is 11.8 Å². The molecule has 0 fully saturated rings. The van der Waals surface area contributed by atoms with E-state index in [0.717, 1.165) is 4.31 Å². The van der Waals surface area contributed by atoms with Crippen molar-refractivity contribution in [2.45, 2.75) is 50.7 Å². The number of anilines is 1. The first-order chi connectivity index (χ1) is 18.1. The van der Waals surface area contributed by atoms with Crippen LogP contribution in [0.5, 0.6) is 0 Å². The Labute approximate surface area is 234 Å². The summed E-state index contributed by atoms with van der Waals surface area (Å²) >= 11 is 12.8. The number of rotatable bonds is 11. The first kappa shape index (κ1) is 29.5. The maximum Gasteiger partial charge on any atom is 0.264 e. The van der Waals surface area contributed by atoms with Crippen LogP contribution in [-0.4, -0.2) is 43.8 Å². The SMILES string of the molecule is CC[C@@H](C)NC(=O)[C@@H](C)N(Cc1c(Cl)cccc1Cl)C(=O)CN(c1ccccc1)S(=O)(=O)c1ccccc1. The monoisotopic (exact) mass is 575 g/mol. The van der Waals surface area contributed by atoms with Crippen LogP contribution in [0.3, 0.4) is 0 Å². The lowest BCUT2D eigenvalue weighted by Crippen LogP contribution is -2.52. The maximum atomic E-state index is 13.9. The largest absolute Gasteiger partial charge is 0.352 e. The van der Waals surface area contributed by atoms with Crippen LogP contribution in [-0.2, 0) is 26.2 Å². The molecule has 0 aliphatic rings. The van der Waals surface area contributed by atoms with E-state index in [0.29, 0.717) is 27.7 Å². The van der Waals surface area contributed by atoms with Crippen LogP contribution in [0.1, 0.15) is 32.8 Å². The number of hydrogen-bond donors (Lipinski definition) is 1. The third-order valence-corrected chi connectivity index (χ3v) is 8.71. The summed E-state index contributed by atoms with van der Waals surface area (Å²) in [5.41, 5.74) is 0.779. The Hall–Kier alpha value is -3.07. The highest BCUT2D eigenvalue weighted by Crippen LogP contribution is 2.28. The van der Waals surface area contributed by atoms with Crippen LogP contribution >= 0.6 is 23.2 Å². The van der Waals surface area contributed by atoms with Gasteiger partial charge in [0.25, 0.3) is 10.0 Å². The first-order valence-electron chi connectivity index (χ1n) is 12.2. The van der Waals surface area contributed by atoms with Gasteiger partial charge < -0.3 is 10.2 Å². The van der Waals surface area contributed by atoms with Crippen LogP contribution in [0.4, 0.5) is 5.69 Å². The third kappa shape index (κ3) is 7.07. The van der Waals surface area contributed by atoms with E-state index in [1.165, 1.54) is 17.0 Å². The van der Waals surface area contributed by atoms with Gasteiger partial charge >= 0.3 is 0 Å². The van der Waals surface area contributed by atoms with E-state index in [-0.39, 0.29) is 23.4 Å². The number of nitrogens with zero attached hydrogens (tertiary/aromatic N) is 2. The predicted molar refractivity (Wildman–Crippen MR) is 152 cm³/mol. The van der Waals surface area contributed by atoms with Crippen molar-refractivity contribution < 1.29 is 18.0 Å². The summed E-state index contributed by atoms with van der Waals surface area (Å²) in [4.78, 5) is 28.3. The van der Waals surface area contributed by atoms with Crippen LogP contribution in [0.25, 0.3) is 0 Å². The number of benzene rings is 3. The molecule has 38 heavy (non-hydrogen) atoms. The Kier molecular flexibility index (Phi) is 10.2. The summed E-state index contributed by atoms with van der Waals surface area (Å²) in [5, 5.41) is 3.56. The lowest BCUT2D eigenvalue weighted by atomic mass is 10.1. The van der Waals surface area contributed by atoms with Gasteiger partial charge in [0, 0.05) is 28.2 Å². The number of nitrogens with one attached hydrogen (secondary N) is 1. The fourth-order valence-corrected chi connectivity index (χ4v) is 5.70. The summed E-state index contributed by atoms with van der Waals surface area (Å²) in [6.07, 6.45) is 0.708. The molecule has 0 aromatic heterocycles. The molecule has 1 N–H and O–H groups in total. The van der Waals surface area contributed by atoms with Crippen molar-refractivity contribution in [1.82, 2.24) is 10.2 Å². The highest BCUT2D eigenvalue weighted by Gasteiger charge is 2.33. The Morgan fingerprint density at radius 2 is 1.42 bits per heavy atom. The van der Waals surface area contributed by atoms with E-state index in [4.69, 9.17) is 23.2 Å². The van der Waals surface area contributed by atoms with Crippen molar-refractivity contribution >= 4 is 50.7 Å². The molecule has 2 atom stereocenters. The molecule has 0 radical (unpaired) electrons. The Bertz CT molecular complexity index is 1330. The number of amides is 2. The minimum atomic E-state index is -4.11. The second-order valence-corrected chi connectivity index (χ2v) is 11.6. The number of para-hydroxylation sites is 1. The van der Waals surface area contributed by atoms with E-state index in [1.807, 2.05) is 13.8 Å². The van der Waals surface area contributed by atoms with Gasteiger partial charge in [0.15, 0.2) is 0 Å². The molecule has 0 spiro atoms. The van der Waals surface area contributed by atoms with Gasteiger partial charge in [-0.05, 0) is 56.7 Å². The maximum absolute atomic E-state index is 13.9. The quantitative estimate of drug-likeness (QED) is 0.326. The van der Waals surface area contributed by atoms with Gasteiger partial charge in [-0.1, -0.05) is 72.6 Å². The van der Waals surface area contributed by atoms with Crippen molar-refractivity contribution in [3.63, 3.8) is 0 Å². The van der Waals surface area contributed by atoms with Gasteiger partial charge in [-0.15, -0.1) is 0 Å². The summed E-state index contributed by atoms with van der Waals surface area (Å²) in [7, 11) is -4.11. The minimum Gasteiger partial charge on any atom is -0.352 e. The lowest BCUT2D eigenvalue weighted by molar-refractivity contribution is -0.139. The molecule has 0 aliphatic heterocycles. The zero-order valence-corrected chi connectivity index (χ0v) is 23.8. The molecule has 0 aliphatic carbocycles.